The minimum absolute atomic E-state index is 0.0150. The number of amides is 1. The van der Waals surface area contributed by atoms with Crippen LogP contribution in [0.25, 0.3) is 0 Å². The molecule has 1 saturated carbocycles. The van der Waals surface area contributed by atoms with E-state index in [2.05, 4.69) is 13.8 Å². The van der Waals surface area contributed by atoms with E-state index >= 15 is 0 Å². The summed E-state index contributed by atoms with van der Waals surface area (Å²) in [5.41, 5.74) is -0.0150. The highest BCUT2D eigenvalue weighted by Gasteiger charge is 2.47. The number of likely N-dealkylation sites (tertiary alicyclic amines) is 1. The lowest BCUT2D eigenvalue weighted by atomic mass is 9.97. The van der Waals surface area contributed by atoms with E-state index in [1.165, 1.54) is 0 Å². The van der Waals surface area contributed by atoms with Crippen molar-refractivity contribution >= 4 is 17.5 Å². The molecule has 2 rings (SSSR count). The summed E-state index contributed by atoms with van der Waals surface area (Å²) in [4.78, 5) is 14.0. The first-order chi connectivity index (χ1) is 6.53. The molecule has 1 aliphatic carbocycles. The highest BCUT2D eigenvalue weighted by molar-refractivity contribution is 6.20. The molecule has 1 heterocycles. The summed E-state index contributed by atoms with van der Waals surface area (Å²) < 4.78 is 0. The highest BCUT2D eigenvalue weighted by atomic mass is 35.5. The molecule has 0 aromatic rings. The Labute approximate surface area is 90.6 Å². The van der Waals surface area contributed by atoms with Gasteiger partial charge in [0.25, 0.3) is 0 Å². The van der Waals surface area contributed by atoms with E-state index in [0.29, 0.717) is 11.8 Å². The Kier molecular flexibility index (Phi) is 2.50. The molecular weight excluding hydrogens is 198 g/mol. The van der Waals surface area contributed by atoms with Gasteiger partial charge in [0.1, 0.15) is 0 Å². The van der Waals surface area contributed by atoms with Crippen LogP contribution in [0.15, 0.2) is 0 Å². The SMILES string of the molecule is CC1CN(C(=O)C2(C)CC2)CCC1Cl. The average molecular weight is 216 g/mol. The largest absolute Gasteiger partial charge is 0.342 e. The fourth-order valence-electron chi connectivity index (χ4n) is 2.08. The molecule has 0 N–H and O–H groups in total. The first kappa shape index (κ1) is 10.3. The Hall–Kier alpha value is -0.240. The second-order valence-electron chi connectivity index (χ2n) is 5.09. The van der Waals surface area contributed by atoms with E-state index in [1.54, 1.807) is 0 Å². The molecule has 1 aliphatic heterocycles. The molecule has 0 aromatic carbocycles. The second-order valence-corrected chi connectivity index (χ2v) is 5.65. The molecule has 3 heteroatoms. The molecule has 2 atom stereocenters. The predicted octanol–water partition coefficient (Wildman–Crippen LogP) is 2.26. The molecule has 1 saturated heterocycles. The summed E-state index contributed by atoms with van der Waals surface area (Å²) in [5, 5.41) is 0.256. The van der Waals surface area contributed by atoms with Crippen LogP contribution in [0.4, 0.5) is 0 Å². The second kappa shape index (κ2) is 3.41. The lowest BCUT2D eigenvalue weighted by Crippen LogP contribution is -2.45. The van der Waals surface area contributed by atoms with Gasteiger partial charge in [0.05, 0.1) is 0 Å². The van der Waals surface area contributed by atoms with Gasteiger partial charge in [0.15, 0.2) is 0 Å². The van der Waals surface area contributed by atoms with Crippen LogP contribution in [0.3, 0.4) is 0 Å². The third-order valence-corrected chi connectivity index (χ3v) is 4.25. The minimum Gasteiger partial charge on any atom is -0.342 e. The Morgan fingerprint density at radius 1 is 1.50 bits per heavy atom. The van der Waals surface area contributed by atoms with Crippen molar-refractivity contribution in [3.05, 3.63) is 0 Å². The van der Waals surface area contributed by atoms with E-state index in [0.717, 1.165) is 32.4 Å². The van der Waals surface area contributed by atoms with Crippen LogP contribution in [0.5, 0.6) is 0 Å². The molecule has 0 aromatic heterocycles. The van der Waals surface area contributed by atoms with Crippen LogP contribution in [-0.2, 0) is 4.79 Å². The molecule has 1 amide bonds. The maximum absolute atomic E-state index is 12.0. The maximum atomic E-state index is 12.0. The normalized spacial score (nSPS) is 35.5. The number of hydrogen-bond donors (Lipinski definition) is 0. The number of rotatable bonds is 1. The molecular formula is C11H18ClNO. The van der Waals surface area contributed by atoms with Crippen LogP contribution in [0.2, 0.25) is 0 Å². The van der Waals surface area contributed by atoms with E-state index < -0.39 is 0 Å². The lowest BCUT2D eigenvalue weighted by Gasteiger charge is -2.35. The highest BCUT2D eigenvalue weighted by Crippen LogP contribution is 2.47. The maximum Gasteiger partial charge on any atom is 0.228 e. The van der Waals surface area contributed by atoms with Gasteiger partial charge in [-0.25, -0.2) is 0 Å². The number of carbonyl (C=O) groups excluding carboxylic acids is 1. The van der Waals surface area contributed by atoms with E-state index in [9.17, 15) is 4.79 Å². The van der Waals surface area contributed by atoms with Gasteiger partial charge in [-0.1, -0.05) is 13.8 Å². The van der Waals surface area contributed by atoms with Gasteiger partial charge in [-0.2, -0.15) is 0 Å². The summed E-state index contributed by atoms with van der Waals surface area (Å²) in [5.74, 6) is 0.796. The summed E-state index contributed by atoms with van der Waals surface area (Å²) in [6.45, 7) is 5.91. The Bertz CT molecular complexity index is 250. The van der Waals surface area contributed by atoms with E-state index in [4.69, 9.17) is 11.6 Å². The van der Waals surface area contributed by atoms with Crippen molar-refractivity contribution in [2.24, 2.45) is 11.3 Å². The third kappa shape index (κ3) is 1.77. The van der Waals surface area contributed by atoms with Gasteiger partial charge in [-0.05, 0) is 25.2 Å². The number of piperidine rings is 1. The molecule has 14 heavy (non-hydrogen) atoms. The van der Waals surface area contributed by atoms with Crippen molar-refractivity contribution in [3.63, 3.8) is 0 Å². The number of nitrogens with zero attached hydrogens (tertiary/aromatic N) is 1. The van der Waals surface area contributed by atoms with Gasteiger partial charge in [0, 0.05) is 23.9 Å². The summed E-state index contributed by atoms with van der Waals surface area (Å²) in [6.07, 6.45) is 3.09. The van der Waals surface area contributed by atoms with Gasteiger partial charge in [-0.15, -0.1) is 11.6 Å². The Balaban J connectivity index is 1.96. The van der Waals surface area contributed by atoms with Crippen LogP contribution in [0.1, 0.15) is 33.1 Å². The molecule has 2 unspecified atom stereocenters. The molecule has 80 valence electrons. The Morgan fingerprint density at radius 2 is 2.14 bits per heavy atom. The summed E-state index contributed by atoms with van der Waals surface area (Å²) in [6, 6.07) is 0. The fourth-order valence-corrected chi connectivity index (χ4v) is 2.26. The number of halogens is 1. The molecule has 2 aliphatic rings. The molecule has 0 bridgehead atoms. The number of hydrogen-bond acceptors (Lipinski definition) is 1. The fraction of sp³-hybridized carbons (Fsp3) is 0.909. The van der Waals surface area contributed by atoms with Crippen LogP contribution >= 0.6 is 11.6 Å². The van der Waals surface area contributed by atoms with Gasteiger partial charge in [-0.3, -0.25) is 4.79 Å². The van der Waals surface area contributed by atoms with E-state index in [-0.39, 0.29) is 10.8 Å². The van der Waals surface area contributed by atoms with Crippen molar-refractivity contribution in [3.8, 4) is 0 Å². The van der Waals surface area contributed by atoms with Crippen molar-refractivity contribution < 1.29 is 4.79 Å². The number of carbonyl (C=O) groups is 1. The van der Waals surface area contributed by atoms with Crippen LogP contribution in [0, 0.1) is 11.3 Å². The first-order valence-electron chi connectivity index (χ1n) is 5.46. The molecule has 2 fully saturated rings. The zero-order valence-corrected chi connectivity index (χ0v) is 9.68. The van der Waals surface area contributed by atoms with Gasteiger partial charge < -0.3 is 4.90 Å². The van der Waals surface area contributed by atoms with Crippen molar-refractivity contribution in [1.29, 1.82) is 0 Å². The van der Waals surface area contributed by atoms with Crippen LogP contribution < -0.4 is 0 Å². The Morgan fingerprint density at radius 3 is 2.64 bits per heavy atom. The van der Waals surface area contributed by atoms with E-state index in [1.807, 2.05) is 4.90 Å². The molecule has 2 nitrogen and oxygen atoms in total. The third-order valence-electron chi connectivity index (χ3n) is 3.60. The zero-order chi connectivity index (χ0) is 10.3. The quantitative estimate of drug-likeness (QED) is 0.615. The molecule has 0 spiro atoms. The summed E-state index contributed by atoms with van der Waals surface area (Å²) in [7, 11) is 0. The predicted molar refractivity (Wildman–Crippen MR) is 57.3 cm³/mol. The minimum atomic E-state index is -0.0150. The smallest absolute Gasteiger partial charge is 0.228 e. The topological polar surface area (TPSA) is 20.3 Å². The first-order valence-corrected chi connectivity index (χ1v) is 5.90. The van der Waals surface area contributed by atoms with Crippen molar-refractivity contribution in [2.45, 2.75) is 38.5 Å². The number of alkyl halides is 1. The van der Waals surface area contributed by atoms with Gasteiger partial charge >= 0.3 is 0 Å². The average Bonchev–Trinajstić information content (AvgIpc) is 2.89. The van der Waals surface area contributed by atoms with Crippen molar-refractivity contribution in [2.75, 3.05) is 13.1 Å². The summed E-state index contributed by atoms with van der Waals surface area (Å²) >= 11 is 6.13. The van der Waals surface area contributed by atoms with Gasteiger partial charge in [0.2, 0.25) is 5.91 Å². The lowest BCUT2D eigenvalue weighted by molar-refractivity contribution is -0.138. The zero-order valence-electron chi connectivity index (χ0n) is 8.92. The standard InChI is InChI=1S/C11H18ClNO/c1-8-7-13(6-3-9(8)12)10(14)11(2)4-5-11/h8-9H,3-7H2,1-2H3. The van der Waals surface area contributed by atoms with Crippen molar-refractivity contribution in [1.82, 2.24) is 4.90 Å². The monoisotopic (exact) mass is 215 g/mol. The molecule has 0 radical (unpaired) electrons. The van der Waals surface area contributed by atoms with Crippen LogP contribution in [-0.4, -0.2) is 29.3 Å².